The van der Waals surface area contributed by atoms with Gasteiger partial charge in [0, 0.05) is 17.7 Å². The van der Waals surface area contributed by atoms with Gasteiger partial charge in [0.25, 0.3) is 5.92 Å². The van der Waals surface area contributed by atoms with E-state index < -0.39 is 17.4 Å². The van der Waals surface area contributed by atoms with Crippen LogP contribution in [-0.4, -0.2) is 41.2 Å². The molecule has 27 heavy (non-hydrogen) atoms. The summed E-state index contributed by atoms with van der Waals surface area (Å²) >= 11 is 0. The van der Waals surface area contributed by atoms with Gasteiger partial charge in [-0.1, -0.05) is 19.9 Å². The van der Waals surface area contributed by atoms with Crippen molar-refractivity contribution in [3.05, 3.63) is 11.6 Å². The molecule has 5 aliphatic carbocycles. The summed E-state index contributed by atoms with van der Waals surface area (Å²) in [6.45, 7) is 4.59. The molecule has 0 amide bonds. The fourth-order valence-corrected chi connectivity index (χ4v) is 8.11. The molecule has 4 saturated carbocycles. The van der Waals surface area contributed by atoms with Gasteiger partial charge >= 0.3 is 0 Å². The molecule has 0 aromatic carbocycles. The quantitative estimate of drug-likeness (QED) is 0.681. The van der Waals surface area contributed by atoms with Crippen LogP contribution in [0.1, 0.15) is 71.6 Å². The fourth-order valence-electron chi connectivity index (χ4n) is 8.11. The summed E-state index contributed by atoms with van der Waals surface area (Å²) in [5.74, 6) is -1.47. The lowest BCUT2D eigenvalue weighted by Crippen LogP contribution is -2.57. The third kappa shape index (κ3) is 2.41. The lowest BCUT2D eigenvalue weighted by Gasteiger charge is -2.59. The third-order valence-corrected chi connectivity index (χ3v) is 9.74. The van der Waals surface area contributed by atoms with Gasteiger partial charge in [0.15, 0.2) is 0 Å². The Kier molecular flexibility index (Phi) is 3.97. The van der Waals surface area contributed by atoms with Crippen LogP contribution in [0.15, 0.2) is 11.6 Å². The summed E-state index contributed by atoms with van der Waals surface area (Å²) in [6.07, 6.45) is 9.59. The van der Waals surface area contributed by atoms with Crippen molar-refractivity contribution in [3.63, 3.8) is 0 Å². The number of fused-ring (bicyclic) bond motifs is 5. The van der Waals surface area contributed by atoms with E-state index >= 15 is 0 Å². The topological polar surface area (TPSA) is 23.5 Å². The molecule has 2 nitrogen and oxygen atoms in total. The molecule has 4 fully saturated rings. The van der Waals surface area contributed by atoms with Crippen LogP contribution in [0.25, 0.3) is 0 Å². The predicted molar refractivity (Wildman–Crippen MR) is 103 cm³/mol. The first-order valence-electron chi connectivity index (χ1n) is 11.2. The zero-order valence-corrected chi connectivity index (χ0v) is 17.1. The molecular formula is C23H35F2NO. The van der Waals surface area contributed by atoms with Crippen LogP contribution in [0.5, 0.6) is 0 Å². The average molecular weight is 380 g/mol. The number of aliphatic hydroxyl groups excluding tert-OH is 1. The summed E-state index contributed by atoms with van der Waals surface area (Å²) in [4.78, 5) is 2.66. The molecule has 0 aromatic rings. The van der Waals surface area contributed by atoms with Crippen molar-refractivity contribution in [2.75, 3.05) is 7.05 Å². The smallest absolute Gasteiger partial charge is 0.295 e. The number of halogens is 2. The maximum atomic E-state index is 14.8. The van der Waals surface area contributed by atoms with Gasteiger partial charge in [-0.2, -0.15) is 8.78 Å². The van der Waals surface area contributed by atoms with Gasteiger partial charge in [-0.3, -0.25) is 4.90 Å². The van der Waals surface area contributed by atoms with E-state index in [0.29, 0.717) is 35.6 Å². The highest BCUT2D eigenvalue weighted by Crippen LogP contribution is 2.67. The van der Waals surface area contributed by atoms with E-state index in [1.54, 1.807) is 0 Å². The Morgan fingerprint density at radius 1 is 1.00 bits per heavy atom. The maximum absolute atomic E-state index is 14.8. The van der Waals surface area contributed by atoms with Crippen molar-refractivity contribution >= 4 is 0 Å². The van der Waals surface area contributed by atoms with Gasteiger partial charge in [0.1, 0.15) is 6.10 Å². The summed E-state index contributed by atoms with van der Waals surface area (Å²) in [6, 6.07) is 1.46. The van der Waals surface area contributed by atoms with E-state index in [-0.39, 0.29) is 12.0 Å². The van der Waals surface area contributed by atoms with Crippen molar-refractivity contribution in [2.45, 2.75) is 95.7 Å². The first-order valence-corrected chi connectivity index (χ1v) is 11.2. The average Bonchev–Trinajstić information content (AvgIpc) is 3.40. The maximum Gasteiger partial charge on any atom is 0.295 e. The Bertz CT molecular complexity index is 659. The Morgan fingerprint density at radius 2 is 1.74 bits per heavy atom. The number of rotatable bonds is 2. The molecule has 0 heterocycles. The van der Waals surface area contributed by atoms with Crippen LogP contribution in [-0.2, 0) is 0 Å². The number of nitrogens with zero attached hydrogens (tertiary/aromatic N) is 1. The molecule has 0 radical (unpaired) electrons. The van der Waals surface area contributed by atoms with Gasteiger partial charge < -0.3 is 5.11 Å². The molecule has 0 saturated heterocycles. The Hall–Kier alpha value is -0.480. The normalized spacial score (nSPS) is 51.4. The van der Waals surface area contributed by atoms with Gasteiger partial charge in [-0.05, 0) is 93.4 Å². The summed E-state index contributed by atoms with van der Waals surface area (Å²) in [7, 11) is 2.32. The minimum atomic E-state index is -3.04. The van der Waals surface area contributed by atoms with Crippen LogP contribution >= 0.6 is 0 Å². The number of hydrogen-bond donors (Lipinski definition) is 1. The van der Waals surface area contributed by atoms with E-state index in [1.165, 1.54) is 32.1 Å². The number of hydrogen-bond acceptors (Lipinski definition) is 2. The largest absolute Gasteiger partial charge is 0.386 e. The van der Waals surface area contributed by atoms with Crippen molar-refractivity contribution < 1.29 is 13.9 Å². The van der Waals surface area contributed by atoms with Crippen LogP contribution in [0, 0.1) is 28.6 Å². The van der Waals surface area contributed by atoms with E-state index in [1.807, 2.05) is 6.08 Å². The van der Waals surface area contributed by atoms with E-state index in [0.717, 1.165) is 18.9 Å². The zero-order chi connectivity index (χ0) is 19.2. The zero-order valence-electron chi connectivity index (χ0n) is 17.1. The monoisotopic (exact) mass is 379 g/mol. The second kappa shape index (κ2) is 5.78. The van der Waals surface area contributed by atoms with Crippen LogP contribution in [0.3, 0.4) is 0 Å². The second-order valence-electron chi connectivity index (χ2n) is 10.9. The molecule has 0 bridgehead atoms. The van der Waals surface area contributed by atoms with Crippen LogP contribution in [0.4, 0.5) is 8.78 Å². The molecule has 0 aromatic heterocycles. The Labute approximate surface area is 162 Å². The number of alkyl halides is 2. The Balaban J connectivity index is 1.46. The molecule has 2 unspecified atom stereocenters. The summed E-state index contributed by atoms with van der Waals surface area (Å²) in [5.41, 5.74) is 0.188. The molecule has 5 rings (SSSR count). The van der Waals surface area contributed by atoms with E-state index in [9.17, 15) is 13.9 Å². The van der Waals surface area contributed by atoms with Crippen molar-refractivity contribution in [2.24, 2.45) is 28.6 Å². The van der Waals surface area contributed by atoms with Gasteiger partial charge in [-0.25, -0.2) is 0 Å². The minimum absolute atomic E-state index is 0.235. The summed E-state index contributed by atoms with van der Waals surface area (Å²) in [5, 5.41) is 9.93. The van der Waals surface area contributed by atoms with Crippen molar-refractivity contribution in [1.82, 2.24) is 4.90 Å². The molecule has 1 N–H and O–H groups in total. The molecule has 4 heteroatoms. The second-order valence-corrected chi connectivity index (χ2v) is 10.9. The van der Waals surface area contributed by atoms with Gasteiger partial charge in [0.2, 0.25) is 0 Å². The molecular weight excluding hydrogens is 344 g/mol. The first-order chi connectivity index (χ1) is 12.7. The minimum Gasteiger partial charge on any atom is -0.386 e. The van der Waals surface area contributed by atoms with Crippen molar-refractivity contribution in [1.29, 1.82) is 0 Å². The number of aliphatic hydroxyl groups is 1. The molecule has 0 aliphatic heterocycles. The lowest BCUT2D eigenvalue weighted by molar-refractivity contribution is -0.142. The first kappa shape index (κ1) is 18.5. The fraction of sp³-hybridized carbons (Fsp3) is 0.913. The van der Waals surface area contributed by atoms with Gasteiger partial charge in [-0.15, -0.1) is 0 Å². The highest BCUT2D eigenvalue weighted by atomic mass is 19.3. The number of allylic oxidation sites excluding steroid dienone is 1. The standard InChI is InChI=1S/C23H35F2NO/c1-21-13-11-20(27)23(24,25)18(21)8-6-15-16-7-9-19(26(3)14-4-5-14)22(16,2)12-10-17(15)21/h8,14-17,19-20,27H,4-7,9-13H2,1-3H3/t15-,16-,17-,19?,20?,21+,22-/m0/s1. The van der Waals surface area contributed by atoms with Crippen molar-refractivity contribution in [3.8, 4) is 0 Å². The lowest BCUT2D eigenvalue weighted by atomic mass is 9.47. The predicted octanol–water partition coefficient (Wildman–Crippen LogP) is 5.02. The highest BCUT2D eigenvalue weighted by Gasteiger charge is 2.64. The Morgan fingerprint density at radius 3 is 2.44 bits per heavy atom. The van der Waals surface area contributed by atoms with E-state index in [2.05, 4.69) is 25.8 Å². The van der Waals surface area contributed by atoms with E-state index in [4.69, 9.17) is 0 Å². The molecule has 0 spiro atoms. The SMILES string of the molecule is CN(C1CC1)C1CC[C@H]2[C@@H]3CC=C4C(F)(F)C(O)CC[C@]4(C)[C@H]3CC[C@]12C. The third-order valence-electron chi connectivity index (χ3n) is 9.74. The molecule has 5 aliphatic rings. The van der Waals surface area contributed by atoms with Crippen LogP contribution in [0.2, 0.25) is 0 Å². The molecule has 152 valence electrons. The summed E-state index contributed by atoms with van der Waals surface area (Å²) < 4.78 is 29.6. The van der Waals surface area contributed by atoms with Crippen LogP contribution < -0.4 is 0 Å². The highest BCUT2D eigenvalue weighted by molar-refractivity contribution is 5.32. The van der Waals surface area contributed by atoms with Gasteiger partial charge in [0.05, 0.1) is 0 Å². The molecule has 7 atom stereocenters.